The van der Waals surface area contributed by atoms with Gasteiger partial charge in [-0.3, -0.25) is 9.59 Å². The molecule has 0 saturated carbocycles. The minimum Gasteiger partial charge on any atom is -0.481 e. The van der Waals surface area contributed by atoms with Gasteiger partial charge in [0.2, 0.25) is 0 Å². The van der Waals surface area contributed by atoms with Crippen molar-refractivity contribution in [2.45, 2.75) is 12.5 Å². The summed E-state index contributed by atoms with van der Waals surface area (Å²) in [4.78, 5) is 19.6. The zero-order chi connectivity index (χ0) is 7.44. The second-order valence-electron chi connectivity index (χ2n) is 1.54. The van der Waals surface area contributed by atoms with E-state index in [0.717, 1.165) is 0 Å². The van der Waals surface area contributed by atoms with Crippen LogP contribution in [-0.2, 0) is 32.0 Å². The number of rotatable bonds is 3. The van der Waals surface area contributed by atoms with E-state index in [1.54, 1.807) is 0 Å². The van der Waals surface area contributed by atoms with Gasteiger partial charge in [0.25, 0.3) is 0 Å². The molecule has 63 valence electrons. The van der Waals surface area contributed by atoms with Gasteiger partial charge in [-0.15, -0.1) is 0 Å². The van der Waals surface area contributed by atoms with Gasteiger partial charge < -0.3 is 15.9 Å². The first-order valence-corrected chi connectivity index (χ1v) is 2.24. The number of carboxylic acid groups (broad SMARTS) is 2. The average molecular weight is 330 g/mol. The first-order chi connectivity index (χ1) is 4.04. The first-order valence-electron chi connectivity index (χ1n) is 2.24. The van der Waals surface area contributed by atoms with Gasteiger partial charge in [0.05, 0.1) is 6.42 Å². The van der Waals surface area contributed by atoms with E-state index < -0.39 is 24.4 Å². The Labute approximate surface area is 72.7 Å². The average Bonchev–Trinajstić information content (AvgIpc) is 1.63. The van der Waals surface area contributed by atoms with Crippen LogP contribution in [0.3, 0.4) is 0 Å². The molecule has 0 amide bonds. The van der Waals surface area contributed by atoms with Crippen molar-refractivity contribution in [2.75, 3.05) is 0 Å². The van der Waals surface area contributed by atoms with Crippen molar-refractivity contribution in [3.63, 3.8) is 0 Å². The molecule has 0 bridgehead atoms. The number of aliphatic carboxylic acids is 2. The van der Waals surface area contributed by atoms with Crippen molar-refractivity contribution < 1.29 is 42.2 Å². The van der Waals surface area contributed by atoms with E-state index in [1.807, 2.05) is 0 Å². The number of carboxylic acids is 2. The molecule has 10 heavy (non-hydrogen) atoms. The van der Waals surface area contributed by atoms with Crippen molar-refractivity contribution >= 4 is 11.9 Å². The van der Waals surface area contributed by atoms with Gasteiger partial charge >= 0.3 is 11.9 Å². The van der Waals surface area contributed by atoms with E-state index in [4.69, 9.17) is 15.9 Å². The van der Waals surface area contributed by atoms with Crippen molar-refractivity contribution in [1.29, 1.82) is 0 Å². The topological polar surface area (TPSA) is 101 Å². The summed E-state index contributed by atoms with van der Waals surface area (Å²) in [6, 6.07) is -1.29. The van der Waals surface area contributed by atoms with Crippen LogP contribution in [0, 0.1) is 0 Å². The van der Waals surface area contributed by atoms with Gasteiger partial charge in [-0.25, -0.2) is 0 Å². The van der Waals surface area contributed by atoms with Crippen LogP contribution in [0.15, 0.2) is 0 Å². The molecule has 0 aromatic rings. The Balaban J connectivity index is 0. The summed E-state index contributed by atoms with van der Waals surface area (Å²) in [5, 5.41) is 16.0. The van der Waals surface area contributed by atoms with Crippen LogP contribution < -0.4 is 5.73 Å². The van der Waals surface area contributed by atoms with Gasteiger partial charge in [-0.1, -0.05) is 0 Å². The second kappa shape index (κ2) is 5.43. The van der Waals surface area contributed by atoms with Gasteiger partial charge in [-0.05, 0) is 0 Å². The fourth-order valence-corrected chi connectivity index (χ4v) is 0.275. The molecule has 0 aliphatic carbocycles. The minimum atomic E-state index is -1.29. The fraction of sp³-hybridized carbons (Fsp3) is 0.500. The maximum atomic E-state index is 9.85. The molecule has 5 nitrogen and oxygen atoms in total. The van der Waals surface area contributed by atoms with Crippen molar-refractivity contribution in [1.82, 2.24) is 0 Å². The van der Waals surface area contributed by atoms with E-state index in [-0.39, 0.29) is 22.4 Å². The molecular weight excluding hydrogens is 323 g/mol. The Hall–Kier alpha value is -0.360. The van der Waals surface area contributed by atoms with Crippen molar-refractivity contribution in [2.24, 2.45) is 5.73 Å². The van der Waals surface area contributed by atoms with Gasteiger partial charge in [0, 0.05) is 22.4 Å². The number of hydrogen-bond acceptors (Lipinski definition) is 3. The van der Waals surface area contributed by atoms with E-state index in [0.29, 0.717) is 0 Å². The van der Waals surface area contributed by atoms with E-state index in [2.05, 4.69) is 0 Å². The fourth-order valence-electron chi connectivity index (χ4n) is 0.275. The Morgan fingerprint density at radius 2 is 1.80 bits per heavy atom. The normalized spacial score (nSPS) is 11.3. The first kappa shape index (κ1) is 12.3. The molecule has 1 unspecified atom stereocenters. The molecule has 1 radical (unpaired) electrons. The Morgan fingerprint density at radius 1 is 1.40 bits per heavy atom. The predicted octanol–water partition coefficient (Wildman–Crippen LogP) is -1.13. The molecule has 0 aromatic carbocycles. The van der Waals surface area contributed by atoms with Gasteiger partial charge in [-0.2, -0.15) is 0 Å². The number of nitrogens with two attached hydrogens (primary N) is 1. The molecule has 0 heterocycles. The predicted molar refractivity (Wildman–Crippen MR) is 27.9 cm³/mol. The molecule has 6 heteroatoms. The van der Waals surface area contributed by atoms with Gasteiger partial charge in [0.1, 0.15) is 6.04 Å². The van der Waals surface area contributed by atoms with Crippen LogP contribution in [-0.4, -0.2) is 28.2 Å². The van der Waals surface area contributed by atoms with Crippen LogP contribution in [0.2, 0.25) is 0 Å². The number of hydrogen-bond donors (Lipinski definition) is 3. The molecule has 0 aliphatic rings. The zero-order valence-electron chi connectivity index (χ0n) is 4.87. The SMILES string of the molecule is NC(CC(=O)O)C(=O)O.[Au]. The maximum absolute atomic E-state index is 9.85. The van der Waals surface area contributed by atoms with Crippen LogP contribution in [0.1, 0.15) is 6.42 Å². The second-order valence-corrected chi connectivity index (χ2v) is 1.54. The van der Waals surface area contributed by atoms with E-state index in [1.165, 1.54) is 0 Å². The summed E-state index contributed by atoms with van der Waals surface area (Å²) in [6.07, 6.45) is -0.532. The summed E-state index contributed by atoms with van der Waals surface area (Å²) >= 11 is 0. The zero-order valence-corrected chi connectivity index (χ0v) is 7.04. The van der Waals surface area contributed by atoms with Crippen LogP contribution >= 0.6 is 0 Å². The molecule has 0 aliphatic heterocycles. The quantitative estimate of drug-likeness (QED) is 0.569. The Bertz CT molecular complexity index is 137. The Kier molecular flexibility index (Phi) is 6.69. The van der Waals surface area contributed by atoms with Crippen LogP contribution in [0.4, 0.5) is 0 Å². The molecule has 0 saturated heterocycles. The third-order valence-electron chi connectivity index (χ3n) is 0.712. The smallest absolute Gasteiger partial charge is 0.321 e. The molecular formula is C4H7AuNO4. The van der Waals surface area contributed by atoms with Crippen molar-refractivity contribution in [3.8, 4) is 0 Å². The standard InChI is InChI=1S/C4H7NO4.Au/c5-2(4(8)9)1-3(6)7;/h2H,1,5H2,(H,6,7)(H,8,9);. The summed E-state index contributed by atoms with van der Waals surface area (Å²) < 4.78 is 0. The molecule has 1 atom stereocenters. The number of carbonyl (C=O) groups is 2. The van der Waals surface area contributed by atoms with E-state index >= 15 is 0 Å². The summed E-state index contributed by atoms with van der Waals surface area (Å²) in [5.74, 6) is -2.50. The third-order valence-corrected chi connectivity index (χ3v) is 0.712. The summed E-state index contributed by atoms with van der Waals surface area (Å²) in [5.41, 5.74) is 4.84. The minimum absolute atomic E-state index is 0. The molecule has 0 rings (SSSR count). The maximum Gasteiger partial charge on any atom is 0.321 e. The molecule has 0 spiro atoms. The molecule has 0 aromatic heterocycles. The largest absolute Gasteiger partial charge is 0.481 e. The monoisotopic (exact) mass is 330 g/mol. The van der Waals surface area contributed by atoms with Crippen LogP contribution in [0.25, 0.3) is 0 Å². The summed E-state index contributed by atoms with van der Waals surface area (Å²) in [7, 11) is 0. The molecule has 4 N–H and O–H groups in total. The van der Waals surface area contributed by atoms with Gasteiger partial charge in [0.15, 0.2) is 0 Å². The molecule has 0 fully saturated rings. The Morgan fingerprint density at radius 3 is 1.90 bits per heavy atom. The summed E-state index contributed by atoms with van der Waals surface area (Å²) in [6.45, 7) is 0. The van der Waals surface area contributed by atoms with Crippen molar-refractivity contribution in [3.05, 3.63) is 0 Å². The van der Waals surface area contributed by atoms with E-state index in [9.17, 15) is 9.59 Å². The third kappa shape index (κ3) is 5.77. The van der Waals surface area contributed by atoms with Crippen LogP contribution in [0.5, 0.6) is 0 Å².